The van der Waals surface area contributed by atoms with Crippen LogP contribution in [0.15, 0.2) is 12.4 Å². The Morgan fingerprint density at radius 3 is 2.82 bits per heavy atom. The lowest BCUT2D eigenvalue weighted by atomic mass is 10.1. The van der Waals surface area contributed by atoms with Crippen LogP contribution in [0.5, 0.6) is 0 Å². The van der Waals surface area contributed by atoms with E-state index in [0.29, 0.717) is 0 Å². The maximum atomic E-state index is 5.62. The topological polar surface area (TPSA) is 55.0 Å². The molecule has 0 bridgehead atoms. The molecule has 11 heavy (non-hydrogen) atoms. The minimum atomic E-state index is 0.725. The highest BCUT2D eigenvalue weighted by molar-refractivity contribution is 5.13. The molecule has 0 aliphatic carbocycles. The number of hydrazine groups is 1. The fraction of sp³-hybridized carbons (Fsp3) is 0.429. The first-order valence-corrected chi connectivity index (χ1v) is 3.64. The maximum absolute atomic E-state index is 5.62. The molecule has 0 radical (unpaired) electrons. The molecule has 0 amide bonds. The number of nitrogens with two attached hydrogens (primary N) is 1. The van der Waals surface area contributed by atoms with E-state index in [9.17, 15) is 0 Å². The molecular weight excluding hydrogens is 140 g/mol. The van der Waals surface area contributed by atoms with Gasteiger partial charge in [0.1, 0.15) is 0 Å². The van der Waals surface area contributed by atoms with Crippen LogP contribution in [0, 0.1) is 0 Å². The summed E-state index contributed by atoms with van der Waals surface area (Å²) in [5.74, 6) is 5.62. The molecule has 0 saturated heterocycles. The van der Waals surface area contributed by atoms with Crippen LogP contribution in [0.2, 0.25) is 0 Å². The number of rotatable bonds is 0. The van der Waals surface area contributed by atoms with Crippen molar-refractivity contribution in [2.24, 2.45) is 5.84 Å². The van der Waals surface area contributed by atoms with Crippen molar-refractivity contribution >= 4 is 0 Å². The second-order valence-corrected chi connectivity index (χ2v) is 2.67. The molecule has 2 heterocycles. The van der Waals surface area contributed by atoms with Crippen LogP contribution in [0.3, 0.4) is 0 Å². The lowest BCUT2D eigenvalue weighted by molar-refractivity contribution is 0.256. The number of hydrogen-bond donors (Lipinski definition) is 1. The van der Waals surface area contributed by atoms with Crippen LogP contribution >= 0.6 is 0 Å². The molecule has 4 heteroatoms. The third-order valence-corrected chi connectivity index (χ3v) is 1.85. The molecule has 0 saturated carbocycles. The van der Waals surface area contributed by atoms with E-state index in [1.165, 1.54) is 0 Å². The summed E-state index contributed by atoms with van der Waals surface area (Å²) in [4.78, 5) is 8.39. The van der Waals surface area contributed by atoms with Crippen LogP contribution in [0.25, 0.3) is 0 Å². The average Bonchev–Trinajstić information content (AvgIpc) is 2.04. The van der Waals surface area contributed by atoms with E-state index < -0.39 is 0 Å². The van der Waals surface area contributed by atoms with Gasteiger partial charge < -0.3 is 0 Å². The molecule has 0 atom stereocenters. The second-order valence-electron chi connectivity index (χ2n) is 2.67. The third kappa shape index (κ3) is 1.22. The zero-order valence-electron chi connectivity index (χ0n) is 6.20. The zero-order chi connectivity index (χ0) is 7.68. The van der Waals surface area contributed by atoms with Crippen LogP contribution in [-0.2, 0) is 13.0 Å². The van der Waals surface area contributed by atoms with Crippen LogP contribution in [-0.4, -0.2) is 21.5 Å². The summed E-state index contributed by atoms with van der Waals surface area (Å²) in [6.07, 6.45) is 4.35. The van der Waals surface area contributed by atoms with Gasteiger partial charge in [-0.2, -0.15) is 0 Å². The van der Waals surface area contributed by atoms with Crippen molar-refractivity contribution in [1.29, 1.82) is 0 Å². The van der Waals surface area contributed by atoms with Gasteiger partial charge in [-0.1, -0.05) is 0 Å². The van der Waals surface area contributed by atoms with Gasteiger partial charge in [0.05, 0.1) is 17.9 Å². The van der Waals surface area contributed by atoms with E-state index in [0.717, 1.165) is 30.9 Å². The Balaban J connectivity index is 2.34. The van der Waals surface area contributed by atoms with Crippen molar-refractivity contribution in [3.8, 4) is 0 Å². The molecule has 1 aliphatic heterocycles. The maximum Gasteiger partial charge on any atom is 0.0773 e. The Hall–Kier alpha value is -1.00. The largest absolute Gasteiger partial charge is 0.268 e. The lowest BCUT2D eigenvalue weighted by Crippen LogP contribution is -2.37. The van der Waals surface area contributed by atoms with Crippen molar-refractivity contribution < 1.29 is 0 Å². The van der Waals surface area contributed by atoms with Crippen molar-refractivity contribution in [3.63, 3.8) is 0 Å². The number of hydrogen-bond acceptors (Lipinski definition) is 4. The van der Waals surface area contributed by atoms with Gasteiger partial charge in [0.15, 0.2) is 0 Å². The summed E-state index contributed by atoms with van der Waals surface area (Å²) in [6, 6.07) is 0. The highest BCUT2D eigenvalue weighted by Gasteiger charge is 2.14. The van der Waals surface area contributed by atoms with Crippen LogP contribution in [0.1, 0.15) is 11.4 Å². The predicted molar refractivity (Wildman–Crippen MR) is 40.3 cm³/mol. The molecule has 1 aromatic heterocycles. The van der Waals surface area contributed by atoms with Crippen LogP contribution in [0.4, 0.5) is 0 Å². The van der Waals surface area contributed by atoms with Gasteiger partial charge in [0.2, 0.25) is 0 Å². The van der Waals surface area contributed by atoms with E-state index >= 15 is 0 Å². The molecule has 0 spiro atoms. The Kier molecular flexibility index (Phi) is 1.56. The third-order valence-electron chi connectivity index (χ3n) is 1.85. The second kappa shape index (κ2) is 2.56. The fourth-order valence-electron chi connectivity index (χ4n) is 1.26. The summed E-state index contributed by atoms with van der Waals surface area (Å²) in [5, 5.41) is 1.76. The van der Waals surface area contributed by atoms with Gasteiger partial charge in [-0.3, -0.25) is 15.8 Å². The van der Waals surface area contributed by atoms with E-state index in [1.807, 2.05) is 0 Å². The molecule has 58 valence electrons. The molecule has 2 rings (SSSR count). The van der Waals surface area contributed by atoms with E-state index in [2.05, 4.69) is 9.97 Å². The molecule has 0 aromatic carbocycles. The SMILES string of the molecule is NN1CCc2nccnc2C1. The quantitative estimate of drug-likeness (QED) is 0.516. The Morgan fingerprint density at radius 2 is 2.00 bits per heavy atom. The van der Waals surface area contributed by atoms with Gasteiger partial charge in [-0.05, 0) is 0 Å². The lowest BCUT2D eigenvalue weighted by Gasteiger charge is -2.21. The highest BCUT2D eigenvalue weighted by atomic mass is 15.4. The molecule has 1 aliphatic rings. The number of aromatic nitrogens is 2. The summed E-state index contributed by atoms with van der Waals surface area (Å²) >= 11 is 0. The fourth-order valence-corrected chi connectivity index (χ4v) is 1.26. The van der Waals surface area contributed by atoms with Crippen molar-refractivity contribution in [3.05, 3.63) is 23.8 Å². The van der Waals surface area contributed by atoms with Crippen molar-refractivity contribution in [2.75, 3.05) is 6.54 Å². The molecule has 2 N–H and O–H groups in total. The smallest absolute Gasteiger partial charge is 0.0773 e. The molecule has 4 nitrogen and oxygen atoms in total. The van der Waals surface area contributed by atoms with Gasteiger partial charge in [0, 0.05) is 25.4 Å². The standard InChI is InChI=1S/C7H10N4/c8-11-4-1-6-7(5-11)10-3-2-9-6/h2-3H,1,4-5,8H2. The van der Waals surface area contributed by atoms with Gasteiger partial charge in [-0.25, -0.2) is 5.01 Å². The minimum absolute atomic E-state index is 0.725. The number of fused-ring (bicyclic) bond motifs is 1. The van der Waals surface area contributed by atoms with Gasteiger partial charge in [-0.15, -0.1) is 0 Å². The van der Waals surface area contributed by atoms with E-state index in [1.54, 1.807) is 17.4 Å². The first kappa shape index (κ1) is 6.69. The molecular formula is C7H10N4. The summed E-state index contributed by atoms with van der Waals surface area (Å²) in [5.41, 5.74) is 2.11. The van der Waals surface area contributed by atoms with E-state index in [-0.39, 0.29) is 0 Å². The Bertz CT molecular complexity index is 260. The van der Waals surface area contributed by atoms with Crippen LogP contribution < -0.4 is 5.84 Å². The summed E-state index contributed by atoms with van der Waals surface area (Å²) in [7, 11) is 0. The first-order chi connectivity index (χ1) is 5.36. The average molecular weight is 150 g/mol. The zero-order valence-corrected chi connectivity index (χ0v) is 6.20. The monoisotopic (exact) mass is 150 g/mol. The normalized spacial score (nSPS) is 17.9. The minimum Gasteiger partial charge on any atom is -0.268 e. The highest BCUT2D eigenvalue weighted by Crippen LogP contribution is 2.10. The van der Waals surface area contributed by atoms with Crippen molar-refractivity contribution in [1.82, 2.24) is 15.0 Å². The molecule has 0 fully saturated rings. The molecule has 1 aromatic rings. The first-order valence-electron chi connectivity index (χ1n) is 3.64. The predicted octanol–water partition coefficient (Wildman–Crippen LogP) is -0.292. The van der Waals surface area contributed by atoms with E-state index in [4.69, 9.17) is 5.84 Å². The Labute approximate surface area is 65.0 Å². The van der Waals surface area contributed by atoms with Crippen molar-refractivity contribution in [2.45, 2.75) is 13.0 Å². The molecule has 0 unspecified atom stereocenters. The summed E-state index contributed by atoms with van der Waals surface area (Å²) < 4.78 is 0. The summed E-state index contributed by atoms with van der Waals surface area (Å²) in [6.45, 7) is 1.61. The van der Waals surface area contributed by atoms with Gasteiger partial charge >= 0.3 is 0 Å². The number of nitrogens with zero attached hydrogens (tertiary/aromatic N) is 3. The van der Waals surface area contributed by atoms with Gasteiger partial charge in [0.25, 0.3) is 0 Å². The Morgan fingerprint density at radius 1 is 1.27 bits per heavy atom.